The number of hydrogen-bond acceptors (Lipinski definition) is 3. The first-order chi connectivity index (χ1) is 11.2. The number of thioether (sulfide) groups is 1. The molecule has 3 nitrogen and oxygen atoms in total. The second kappa shape index (κ2) is 8.58. The van der Waals surface area contributed by atoms with Crippen LogP contribution in [0.2, 0.25) is 0 Å². The molecule has 0 spiro atoms. The highest BCUT2D eigenvalue weighted by molar-refractivity contribution is 8.13. The Labute approximate surface area is 158 Å². The number of benzene rings is 2. The third-order valence-corrected chi connectivity index (χ3v) is 5.26. The van der Waals surface area contributed by atoms with Gasteiger partial charge in [-0.1, -0.05) is 11.8 Å². The zero-order valence-electron chi connectivity index (χ0n) is 14.2. The van der Waals surface area contributed by atoms with Gasteiger partial charge in [0, 0.05) is 18.1 Å². The second-order valence-electron chi connectivity index (χ2n) is 5.51. The van der Waals surface area contributed by atoms with E-state index in [2.05, 4.69) is 35.8 Å². The molecule has 0 N–H and O–H groups in total. The predicted octanol–water partition coefficient (Wildman–Crippen LogP) is 0.975. The lowest BCUT2D eigenvalue weighted by atomic mass is 9.97. The molecule has 0 saturated carbocycles. The molecule has 1 aliphatic rings. The number of hydrogen-bond donors (Lipinski definition) is 0. The monoisotopic (exact) mass is 407 g/mol. The van der Waals surface area contributed by atoms with Crippen molar-refractivity contribution in [2.45, 2.75) is 13.0 Å². The molecule has 5 heteroatoms. The first-order valence-electron chi connectivity index (χ1n) is 7.74. The zero-order chi connectivity index (χ0) is 16.2. The quantitative estimate of drug-likeness (QED) is 0.689. The predicted molar refractivity (Wildman–Crippen MR) is 96.1 cm³/mol. The zero-order valence-corrected chi connectivity index (χ0v) is 16.6. The van der Waals surface area contributed by atoms with Crippen LogP contribution in [0.1, 0.15) is 24.1 Å². The van der Waals surface area contributed by atoms with Gasteiger partial charge in [0.25, 0.3) is 0 Å². The van der Waals surface area contributed by atoms with E-state index in [1.165, 1.54) is 16.2 Å². The van der Waals surface area contributed by atoms with Crippen molar-refractivity contribution >= 4 is 16.8 Å². The van der Waals surface area contributed by atoms with Crippen molar-refractivity contribution in [3.8, 4) is 11.5 Å². The van der Waals surface area contributed by atoms with Gasteiger partial charge in [-0.3, -0.25) is 0 Å². The molecule has 0 amide bonds. The first kappa shape index (κ1) is 18.9. The highest BCUT2D eigenvalue weighted by Gasteiger charge is 2.31. The normalized spacial score (nSPS) is 13.8. The fraction of sp³-hybridized carbons (Fsp3) is 0.316. The summed E-state index contributed by atoms with van der Waals surface area (Å²) in [6, 6.07) is 17.0. The van der Waals surface area contributed by atoms with Crippen LogP contribution in [0.5, 0.6) is 11.5 Å². The van der Waals surface area contributed by atoms with E-state index in [4.69, 9.17) is 9.47 Å². The summed E-state index contributed by atoms with van der Waals surface area (Å²) in [5.41, 5.74) is 2.55. The largest absolute Gasteiger partial charge is 1.00 e. The summed E-state index contributed by atoms with van der Waals surface area (Å²) in [5.74, 6) is 2.92. The number of halogens is 1. The van der Waals surface area contributed by atoms with Crippen LogP contribution in [0.3, 0.4) is 0 Å². The summed E-state index contributed by atoms with van der Waals surface area (Å²) in [4.78, 5) is 0. The molecule has 1 heterocycles. The van der Waals surface area contributed by atoms with Crippen LogP contribution in [0.15, 0.2) is 48.5 Å². The smallest absolute Gasteiger partial charge is 0.208 e. The van der Waals surface area contributed by atoms with Gasteiger partial charge in [-0.15, -0.1) is 0 Å². The average Bonchev–Trinajstić information content (AvgIpc) is 3.02. The van der Waals surface area contributed by atoms with Crippen molar-refractivity contribution in [3.63, 3.8) is 0 Å². The Morgan fingerprint density at radius 3 is 1.67 bits per heavy atom. The van der Waals surface area contributed by atoms with Crippen LogP contribution in [0, 0.1) is 0 Å². The molecule has 3 rings (SSSR count). The molecular weight excluding hydrogens is 386 g/mol. The lowest BCUT2D eigenvalue weighted by Gasteiger charge is -2.16. The summed E-state index contributed by atoms with van der Waals surface area (Å²) < 4.78 is 13.1. The van der Waals surface area contributed by atoms with Crippen molar-refractivity contribution in [1.82, 2.24) is 0 Å². The Kier molecular flexibility index (Phi) is 6.75. The van der Waals surface area contributed by atoms with Crippen molar-refractivity contribution in [1.29, 1.82) is 0 Å². The van der Waals surface area contributed by atoms with Crippen LogP contribution in [-0.4, -0.2) is 36.1 Å². The van der Waals surface area contributed by atoms with Crippen molar-refractivity contribution in [2.24, 2.45) is 0 Å². The van der Waals surface area contributed by atoms with Gasteiger partial charge in [0.2, 0.25) is 11.1 Å². The Morgan fingerprint density at radius 1 is 0.875 bits per heavy atom. The molecule has 24 heavy (non-hydrogen) atoms. The third-order valence-electron chi connectivity index (χ3n) is 4.22. The Bertz CT molecular complexity index is 651. The minimum atomic E-state index is 0. The Hall–Kier alpha value is -1.46. The van der Waals surface area contributed by atoms with Crippen LogP contribution in [-0.2, 0) is 0 Å². The van der Waals surface area contributed by atoms with Gasteiger partial charge >= 0.3 is 0 Å². The minimum Gasteiger partial charge on any atom is -1.00 e. The maximum absolute atomic E-state index is 5.29. The molecule has 0 saturated heterocycles. The van der Waals surface area contributed by atoms with Crippen LogP contribution < -0.4 is 26.5 Å². The molecular formula is C19H22BrNO2S. The molecule has 2 aromatic carbocycles. The third kappa shape index (κ3) is 3.95. The van der Waals surface area contributed by atoms with E-state index in [0.717, 1.165) is 23.8 Å². The molecule has 0 aliphatic carbocycles. The van der Waals surface area contributed by atoms with E-state index in [1.54, 1.807) is 14.2 Å². The van der Waals surface area contributed by atoms with E-state index >= 15 is 0 Å². The van der Waals surface area contributed by atoms with Crippen molar-refractivity contribution in [3.05, 3.63) is 59.7 Å². The summed E-state index contributed by atoms with van der Waals surface area (Å²) >= 11 is 1.93. The summed E-state index contributed by atoms with van der Waals surface area (Å²) in [7, 11) is 3.40. The molecule has 0 radical (unpaired) electrons. The van der Waals surface area contributed by atoms with Gasteiger partial charge in [0.05, 0.1) is 20.0 Å². The maximum Gasteiger partial charge on any atom is 0.208 e. The summed E-state index contributed by atoms with van der Waals surface area (Å²) in [6.07, 6.45) is 0. The molecule has 0 bridgehead atoms. The minimum absolute atomic E-state index is 0. The van der Waals surface area contributed by atoms with Crippen LogP contribution in [0.4, 0.5) is 0 Å². The van der Waals surface area contributed by atoms with Crippen LogP contribution >= 0.6 is 11.8 Å². The van der Waals surface area contributed by atoms with E-state index in [0.29, 0.717) is 0 Å². The van der Waals surface area contributed by atoms with Gasteiger partial charge < -0.3 is 26.5 Å². The van der Waals surface area contributed by atoms with Crippen molar-refractivity contribution in [2.75, 3.05) is 26.5 Å². The fourth-order valence-electron chi connectivity index (χ4n) is 2.97. The Balaban J connectivity index is 0.00000208. The standard InChI is InChI=1S/C19H22NO2S.BrH/c1-14-20(12-13-23-14)19(15-4-8-17(21-2)9-5-15)16-6-10-18(22-3)11-7-16;/h4-11,19H,12-13H2,1-3H3;1H/q+1;/p-1. The van der Waals surface area contributed by atoms with E-state index in [9.17, 15) is 0 Å². The van der Waals surface area contributed by atoms with Gasteiger partial charge in [-0.25, -0.2) is 4.58 Å². The average molecular weight is 408 g/mol. The summed E-state index contributed by atoms with van der Waals surface area (Å²) in [5, 5.41) is 1.38. The number of ether oxygens (including phenoxy) is 2. The van der Waals surface area contributed by atoms with Crippen LogP contribution in [0.25, 0.3) is 0 Å². The van der Waals surface area contributed by atoms with Gasteiger partial charge in [0.1, 0.15) is 11.5 Å². The maximum atomic E-state index is 5.29. The van der Waals surface area contributed by atoms with Gasteiger partial charge in [-0.2, -0.15) is 0 Å². The topological polar surface area (TPSA) is 21.5 Å². The van der Waals surface area contributed by atoms with E-state index < -0.39 is 0 Å². The summed E-state index contributed by atoms with van der Waals surface area (Å²) in [6.45, 7) is 3.27. The molecule has 0 atom stereocenters. The molecule has 0 unspecified atom stereocenters. The van der Waals surface area contributed by atoms with E-state index in [-0.39, 0.29) is 23.0 Å². The Morgan fingerprint density at radius 2 is 1.33 bits per heavy atom. The first-order valence-corrected chi connectivity index (χ1v) is 8.72. The number of nitrogens with zero attached hydrogens (tertiary/aromatic N) is 1. The second-order valence-corrected chi connectivity index (χ2v) is 6.80. The van der Waals surface area contributed by atoms with Gasteiger partial charge in [-0.05, 0) is 48.5 Å². The molecule has 128 valence electrons. The highest BCUT2D eigenvalue weighted by atomic mass is 79.9. The lowest BCUT2D eigenvalue weighted by Crippen LogP contribution is -3.00. The SMILES string of the molecule is COc1ccc(C(c2ccc(OC)cc2)[N+]2=C(C)SCC2)cc1.[Br-]. The molecule has 0 fully saturated rings. The molecule has 1 aliphatic heterocycles. The number of rotatable bonds is 5. The molecule has 2 aromatic rings. The number of methoxy groups -OCH3 is 2. The van der Waals surface area contributed by atoms with Crippen molar-refractivity contribution < 1.29 is 31.0 Å². The molecule has 0 aromatic heterocycles. The fourth-order valence-corrected chi connectivity index (χ4v) is 3.91. The lowest BCUT2D eigenvalue weighted by molar-refractivity contribution is -0.553. The highest BCUT2D eigenvalue weighted by Crippen LogP contribution is 2.31. The van der Waals surface area contributed by atoms with E-state index in [1.807, 2.05) is 36.0 Å². The van der Waals surface area contributed by atoms with Gasteiger partial charge in [0.15, 0.2) is 6.54 Å².